The van der Waals surface area contributed by atoms with Crippen LogP contribution >= 0.6 is 0 Å². The molecule has 0 fully saturated rings. The molecule has 0 bridgehead atoms. The average Bonchev–Trinajstić information content (AvgIpc) is 2.60. The molecule has 26 heavy (non-hydrogen) atoms. The summed E-state index contributed by atoms with van der Waals surface area (Å²) in [6.45, 7) is 2.41. The standard InChI is InChI=1S/C18H18N6O2/c1-12-6-5-9-14(10-12)21-17-15(24(25)26)16(19)22-18(23-17)20-11-13-7-3-2-4-8-13/h2-10H,11H2,1H3,(H4,19,20,21,22,23). The van der Waals surface area contributed by atoms with Gasteiger partial charge in [-0.15, -0.1) is 0 Å². The van der Waals surface area contributed by atoms with Crippen LogP contribution in [0.4, 0.5) is 29.0 Å². The predicted molar refractivity (Wildman–Crippen MR) is 101 cm³/mol. The van der Waals surface area contributed by atoms with Gasteiger partial charge in [-0.2, -0.15) is 9.97 Å². The fourth-order valence-corrected chi connectivity index (χ4v) is 2.45. The SMILES string of the molecule is Cc1cccc(Nc2nc(NCc3ccccc3)nc(N)c2[N+](=O)[O-])c1. The molecule has 132 valence electrons. The number of nitrogens with one attached hydrogen (secondary N) is 2. The Morgan fingerprint density at radius 2 is 1.88 bits per heavy atom. The number of aromatic nitrogens is 2. The van der Waals surface area contributed by atoms with Crippen LogP contribution in [-0.2, 0) is 6.54 Å². The zero-order valence-corrected chi connectivity index (χ0v) is 14.1. The number of anilines is 4. The van der Waals surface area contributed by atoms with E-state index in [0.717, 1.165) is 11.1 Å². The van der Waals surface area contributed by atoms with Crippen LogP contribution in [0.3, 0.4) is 0 Å². The topological polar surface area (TPSA) is 119 Å². The molecule has 4 N–H and O–H groups in total. The predicted octanol–water partition coefficient (Wildman–Crippen LogP) is 3.63. The highest BCUT2D eigenvalue weighted by Gasteiger charge is 2.23. The van der Waals surface area contributed by atoms with Crippen LogP contribution < -0.4 is 16.4 Å². The quantitative estimate of drug-likeness (QED) is 0.459. The third-order valence-electron chi connectivity index (χ3n) is 3.67. The van der Waals surface area contributed by atoms with E-state index in [0.29, 0.717) is 12.2 Å². The number of nitrogens with two attached hydrogens (primary N) is 1. The summed E-state index contributed by atoms with van der Waals surface area (Å²) in [5.41, 5.74) is 8.18. The minimum Gasteiger partial charge on any atom is -0.378 e. The molecule has 8 nitrogen and oxygen atoms in total. The molecule has 0 amide bonds. The van der Waals surface area contributed by atoms with E-state index in [9.17, 15) is 10.1 Å². The van der Waals surface area contributed by atoms with E-state index in [-0.39, 0.29) is 23.3 Å². The first kappa shape index (κ1) is 17.2. The van der Waals surface area contributed by atoms with Crippen LogP contribution in [0.15, 0.2) is 54.6 Å². The lowest BCUT2D eigenvalue weighted by Gasteiger charge is -2.11. The molecule has 0 saturated carbocycles. The summed E-state index contributed by atoms with van der Waals surface area (Å²) in [7, 11) is 0. The van der Waals surface area contributed by atoms with Gasteiger partial charge in [0.2, 0.25) is 17.6 Å². The van der Waals surface area contributed by atoms with E-state index in [2.05, 4.69) is 20.6 Å². The first-order chi connectivity index (χ1) is 12.5. The van der Waals surface area contributed by atoms with Gasteiger partial charge >= 0.3 is 5.69 Å². The van der Waals surface area contributed by atoms with Crippen molar-refractivity contribution in [2.24, 2.45) is 0 Å². The van der Waals surface area contributed by atoms with E-state index in [1.807, 2.05) is 55.5 Å². The highest BCUT2D eigenvalue weighted by Crippen LogP contribution is 2.31. The fourth-order valence-electron chi connectivity index (χ4n) is 2.45. The maximum atomic E-state index is 11.4. The Balaban J connectivity index is 1.90. The Labute approximate surface area is 150 Å². The van der Waals surface area contributed by atoms with Crippen molar-refractivity contribution in [1.29, 1.82) is 0 Å². The number of nitro groups is 1. The Morgan fingerprint density at radius 1 is 1.12 bits per heavy atom. The molecule has 0 aliphatic rings. The van der Waals surface area contributed by atoms with Gasteiger partial charge < -0.3 is 16.4 Å². The molecule has 1 heterocycles. The van der Waals surface area contributed by atoms with Gasteiger partial charge in [-0.3, -0.25) is 10.1 Å². The van der Waals surface area contributed by atoms with Gasteiger partial charge in [-0.05, 0) is 30.2 Å². The van der Waals surface area contributed by atoms with Crippen molar-refractivity contribution < 1.29 is 4.92 Å². The third-order valence-corrected chi connectivity index (χ3v) is 3.67. The largest absolute Gasteiger partial charge is 0.378 e. The lowest BCUT2D eigenvalue weighted by atomic mass is 10.2. The van der Waals surface area contributed by atoms with Gasteiger partial charge in [0.05, 0.1) is 4.92 Å². The van der Waals surface area contributed by atoms with Gasteiger partial charge in [0.25, 0.3) is 0 Å². The van der Waals surface area contributed by atoms with Crippen LogP contribution in [-0.4, -0.2) is 14.9 Å². The van der Waals surface area contributed by atoms with E-state index in [1.165, 1.54) is 0 Å². The number of nitrogen functional groups attached to an aromatic ring is 1. The van der Waals surface area contributed by atoms with Crippen molar-refractivity contribution in [3.63, 3.8) is 0 Å². The maximum Gasteiger partial charge on any atom is 0.353 e. The van der Waals surface area contributed by atoms with Crippen LogP contribution in [0.1, 0.15) is 11.1 Å². The summed E-state index contributed by atoms with van der Waals surface area (Å²) in [6, 6.07) is 17.1. The second-order valence-electron chi connectivity index (χ2n) is 5.72. The second-order valence-corrected chi connectivity index (χ2v) is 5.72. The highest BCUT2D eigenvalue weighted by molar-refractivity contribution is 5.74. The second kappa shape index (κ2) is 7.47. The Morgan fingerprint density at radius 3 is 2.58 bits per heavy atom. The number of hydrogen-bond donors (Lipinski definition) is 3. The summed E-state index contributed by atoms with van der Waals surface area (Å²) in [5.74, 6) is 0.0616. The molecule has 0 aliphatic carbocycles. The van der Waals surface area contributed by atoms with Crippen molar-refractivity contribution >= 4 is 29.0 Å². The lowest BCUT2D eigenvalue weighted by Crippen LogP contribution is -2.10. The van der Waals surface area contributed by atoms with Crippen LogP contribution in [0.5, 0.6) is 0 Å². The van der Waals surface area contributed by atoms with Crippen molar-refractivity contribution in [3.8, 4) is 0 Å². The average molecular weight is 350 g/mol. The number of hydrogen-bond acceptors (Lipinski definition) is 7. The normalized spacial score (nSPS) is 10.3. The monoisotopic (exact) mass is 350 g/mol. The molecular weight excluding hydrogens is 332 g/mol. The fraction of sp³-hybridized carbons (Fsp3) is 0.111. The number of aryl methyl sites for hydroxylation is 1. The van der Waals surface area contributed by atoms with Crippen molar-refractivity contribution in [1.82, 2.24) is 9.97 Å². The number of benzene rings is 2. The van der Waals surface area contributed by atoms with Gasteiger partial charge in [-0.25, -0.2) is 0 Å². The minimum atomic E-state index is -0.589. The summed E-state index contributed by atoms with van der Waals surface area (Å²) in [6.07, 6.45) is 0. The maximum absolute atomic E-state index is 11.4. The number of rotatable bonds is 6. The lowest BCUT2D eigenvalue weighted by molar-refractivity contribution is -0.383. The zero-order valence-electron chi connectivity index (χ0n) is 14.1. The van der Waals surface area contributed by atoms with Crippen molar-refractivity contribution in [3.05, 3.63) is 75.8 Å². The summed E-state index contributed by atoms with van der Waals surface area (Å²) in [4.78, 5) is 19.0. The summed E-state index contributed by atoms with van der Waals surface area (Å²) < 4.78 is 0. The van der Waals surface area contributed by atoms with Crippen molar-refractivity contribution in [2.75, 3.05) is 16.4 Å². The highest BCUT2D eigenvalue weighted by atomic mass is 16.6. The molecule has 8 heteroatoms. The van der Waals surface area contributed by atoms with E-state index in [1.54, 1.807) is 6.07 Å². The molecule has 0 atom stereocenters. The van der Waals surface area contributed by atoms with Gasteiger partial charge in [0, 0.05) is 12.2 Å². The van der Waals surface area contributed by atoms with Crippen LogP contribution in [0.25, 0.3) is 0 Å². The molecule has 0 radical (unpaired) electrons. The molecule has 3 rings (SSSR count). The van der Waals surface area contributed by atoms with Crippen LogP contribution in [0.2, 0.25) is 0 Å². The zero-order chi connectivity index (χ0) is 18.5. The van der Waals surface area contributed by atoms with E-state index < -0.39 is 4.92 Å². The molecule has 0 spiro atoms. The molecular formula is C18H18N6O2. The molecule has 0 saturated heterocycles. The molecule has 1 aromatic heterocycles. The van der Waals surface area contributed by atoms with Gasteiger partial charge in [0.1, 0.15) is 0 Å². The molecule has 0 aliphatic heterocycles. The minimum absolute atomic E-state index is 0.0451. The molecule has 2 aromatic carbocycles. The van der Waals surface area contributed by atoms with Crippen LogP contribution in [0, 0.1) is 17.0 Å². The molecule has 3 aromatic rings. The Hall–Kier alpha value is -3.68. The Bertz CT molecular complexity index is 930. The van der Waals surface area contributed by atoms with E-state index in [4.69, 9.17) is 5.73 Å². The van der Waals surface area contributed by atoms with Gasteiger partial charge in [0.15, 0.2) is 0 Å². The van der Waals surface area contributed by atoms with Crippen molar-refractivity contribution in [2.45, 2.75) is 13.5 Å². The first-order valence-corrected chi connectivity index (χ1v) is 7.96. The van der Waals surface area contributed by atoms with Gasteiger partial charge in [-0.1, -0.05) is 42.5 Å². The molecule has 0 unspecified atom stereocenters. The third kappa shape index (κ3) is 4.04. The van der Waals surface area contributed by atoms with E-state index >= 15 is 0 Å². The smallest absolute Gasteiger partial charge is 0.353 e. The summed E-state index contributed by atoms with van der Waals surface area (Å²) in [5, 5.41) is 17.4. The first-order valence-electron chi connectivity index (χ1n) is 7.96. The summed E-state index contributed by atoms with van der Waals surface area (Å²) >= 11 is 0. The Kier molecular flexibility index (Phi) is 4.93. The number of nitrogens with zero attached hydrogens (tertiary/aromatic N) is 3.